The summed E-state index contributed by atoms with van der Waals surface area (Å²) in [6.07, 6.45) is 1.14. The topological polar surface area (TPSA) is 105 Å². The minimum atomic E-state index is -0.556. The van der Waals surface area contributed by atoms with Gasteiger partial charge >= 0.3 is 0 Å². The van der Waals surface area contributed by atoms with Crippen LogP contribution in [0.5, 0.6) is 0 Å². The van der Waals surface area contributed by atoms with E-state index in [-0.39, 0.29) is 10.6 Å². The summed E-state index contributed by atoms with van der Waals surface area (Å²) in [5.74, 6) is 0.626. The van der Waals surface area contributed by atoms with E-state index in [9.17, 15) is 10.1 Å². The second-order valence-corrected chi connectivity index (χ2v) is 9.10. The van der Waals surface area contributed by atoms with Crippen LogP contribution in [0.1, 0.15) is 11.7 Å². The Bertz CT molecular complexity index is 1550. The molecule has 6 rings (SSSR count). The molecule has 10 nitrogen and oxygen atoms in total. The number of anilines is 3. The van der Waals surface area contributed by atoms with Gasteiger partial charge in [0.1, 0.15) is 23.2 Å². The van der Waals surface area contributed by atoms with Crippen molar-refractivity contribution in [1.29, 1.82) is 0 Å². The molecule has 2 aromatic heterocycles. The Morgan fingerprint density at radius 3 is 2.34 bits per heavy atom. The molecular weight excluding hydrogens is 480 g/mol. The van der Waals surface area contributed by atoms with Crippen LogP contribution in [0.25, 0.3) is 11.0 Å². The zero-order valence-corrected chi connectivity index (χ0v) is 20.6. The Hall–Kier alpha value is -4.99. The maximum Gasteiger partial charge on any atom is 0.292 e. The van der Waals surface area contributed by atoms with Crippen LogP contribution in [-0.4, -0.2) is 51.1 Å². The summed E-state index contributed by atoms with van der Waals surface area (Å²) in [6.45, 7) is 2.96. The zero-order valence-electron chi connectivity index (χ0n) is 20.6. The number of piperazine rings is 1. The highest BCUT2D eigenvalue weighted by Crippen LogP contribution is 2.34. The Labute approximate surface area is 219 Å². The maximum absolute atomic E-state index is 12.3. The van der Waals surface area contributed by atoms with Crippen molar-refractivity contribution in [3.8, 4) is 0 Å². The largest absolute Gasteiger partial charge is 0.368 e. The summed E-state index contributed by atoms with van der Waals surface area (Å²) in [7, 11) is 0. The van der Waals surface area contributed by atoms with Gasteiger partial charge in [0.15, 0.2) is 0 Å². The fourth-order valence-electron chi connectivity index (χ4n) is 4.92. The normalized spacial score (nSPS) is 14.4. The number of para-hydroxylation sites is 2. The van der Waals surface area contributed by atoms with Gasteiger partial charge in [-0.15, -0.1) is 5.10 Å². The van der Waals surface area contributed by atoms with E-state index in [0.717, 1.165) is 24.1 Å². The molecule has 0 bridgehead atoms. The highest BCUT2D eigenvalue weighted by atomic mass is 16.6. The molecule has 1 unspecified atom stereocenters. The molecule has 0 aliphatic carbocycles. The average Bonchev–Trinajstić information content (AvgIpc) is 3.41. The molecule has 0 amide bonds. The smallest absolute Gasteiger partial charge is 0.292 e. The van der Waals surface area contributed by atoms with Crippen LogP contribution in [0.15, 0.2) is 97.2 Å². The summed E-state index contributed by atoms with van der Waals surface area (Å²) in [5.41, 5.74) is 4.08. The van der Waals surface area contributed by atoms with Crippen molar-refractivity contribution in [2.75, 3.05) is 41.3 Å². The summed E-state index contributed by atoms with van der Waals surface area (Å²) in [6, 6.07) is 28.8. The minimum Gasteiger partial charge on any atom is -0.368 e. The third-order valence-electron chi connectivity index (χ3n) is 6.83. The van der Waals surface area contributed by atoms with E-state index < -0.39 is 6.17 Å². The van der Waals surface area contributed by atoms with Gasteiger partial charge in [-0.05, 0) is 42.5 Å². The average molecular weight is 507 g/mol. The maximum atomic E-state index is 12.3. The van der Waals surface area contributed by atoms with Crippen LogP contribution >= 0.6 is 0 Å². The van der Waals surface area contributed by atoms with Crippen molar-refractivity contribution in [2.24, 2.45) is 0 Å². The first-order valence-electron chi connectivity index (χ1n) is 12.5. The van der Waals surface area contributed by atoms with Gasteiger partial charge in [0, 0.05) is 49.7 Å². The van der Waals surface area contributed by atoms with Crippen molar-refractivity contribution in [2.45, 2.75) is 6.17 Å². The van der Waals surface area contributed by atoms with Crippen LogP contribution in [0, 0.1) is 10.1 Å². The van der Waals surface area contributed by atoms with Gasteiger partial charge in [0.2, 0.25) is 0 Å². The predicted molar refractivity (Wildman–Crippen MR) is 147 cm³/mol. The van der Waals surface area contributed by atoms with Gasteiger partial charge in [0.25, 0.3) is 5.69 Å². The summed E-state index contributed by atoms with van der Waals surface area (Å²) in [4.78, 5) is 20.8. The third-order valence-corrected chi connectivity index (χ3v) is 6.83. The molecule has 190 valence electrons. The van der Waals surface area contributed by atoms with Crippen LogP contribution in [0.2, 0.25) is 0 Å². The highest BCUT2D eigenvalue weighted by Gasteiger charge is 2.27. The molecule has 38 heavy (non-hydrogen) atoms. The first kappa shape index (κ1) is 23.4. The third kappa shape index (κ3) is 4.59. The van der Waals surface area contributed by atoms with Gasteiger partial charge < -0.3 is 15.1 Å². The van der Waals surface area contributed by atoms with E-state index in [1.807, 2.05) is 72.8 Å². The van der Waals surface area contributed by atoms with Crippen LogP contribution in [-0.2, 0) is 0 Å². The van der Waals surface area contributed by atoms with E-state index in [0.29, 0.717) is 30.2 Å². The Balaban J connectivity index is 1.33. The Kier molecular flexibility index (Phi) is 6.27. The molecule has 1 aliphatic rings. The fourth-order valence-corrected chi connectivity index (χ4v) is 4.92. The number of pyridine rings is 1. The minimum absolute atomic E-state index is 0.0629. The molecule has 3 heterocycles. The molecule has 0 saturated carbocycles. The lowest BCUT2D eigenvalue weighted by molar-refractivity contribution is -0.384. The molecule has 1 atom stereocenters. The number of hydrogen-bond acceptors (Lipinski definition) is 8. The van der Waals surface area contributed by atoms with Gasteiger partial charge in [-0.2, -0.15) is 0 Å². The van der Waals surface area contributed by atoms with Crippen molar-refractivity contribution in [1.82, 2.24) is 20.0 Å². The molecule has 1 N–H and O–H groups in total. The number of nitrogens with zero attached hydrogens (tertiary/aromatic N) is 7. The first-order chi connectivity index (χ1) is 18.7. The van der Waals surface area contributed by atoms with E-state index in [1.54, 1.807) is 16.9 Å². The lowest BCUT2D eigenvalue weighted by Crippen LogP contribution is -2.46. The molecule has 10 heteroatoms. The van der Waals surface area contributed by atoms with E-state index >= 15 is 0 Å². The molecule has 0 radical (unpaired) electrons. The summed E-state index contributed by atoms with van der Waals surface area (Å²) in [5, 5.41) is 24.3. The molecule has 0 spiro atoms. The van der Waals surface area contributed by atoms with Gasteiger partial charge in [-0.3, -0.25) is 10.1 Å². The molecule has 3 aromatic carbocycles. The SMILES string of the molecule is O=[N+]([O-])c1cc(C(Nc2ccccn2)n2nnc3ccccc32)ccc1N1CCN(c2ccccc2)CC1. The number of rotatable bonds is 7. The van der Waals surface area contributed by atoms with E-state index in [2.05, 4.69) is 42.5 Å². The van der Waals surface area contributed by atoms with Crippen LogP contribution in [0.4, 0.5) is 22.9 Å². The zero-order chi connectivity index (χ0) is 25.9. The summed E-state index contributed by atoms with van der Waals surface area (Å²) >= 11 is 0. The van der Waals surface area contributed by atoms with Crippen molar-refractivity contribution >= 4 is 33.9 Å². The number of nitro benzene ring substituents is 1. The first-order valence-corrected chi connectivity index (χ1v) is 12.5. The number of nitro groups is 1. The number of fused-ring (bicyclic) bond motifs is 1. The lowest BCUT2D eigenvalue weighted by atomic mass is 10.1. The van der Waals surface area contributed by atoms with Gasteiger partial charge in [-0.25, -0.2) is 9.67 Å². The molecular formula is C28H26N8O2. The highest BCUT2D eigenvalue weighted by molar-refractivity contribution is 5.74. The number of aromatic nitrogens is 4. The Morgan fingerprint density at radius 1 is 0.842 bits per heavy atom. The number of nitrogens with one attached hydrogen (secondary N) is 1. The Morgan fingerprint density at radius 2 is 1.58 bits per heavy atom. The molecule has 5 aromatic rings. The second-order valence-electron chi connectivity index (χ2n) is 9.10. The van der Waals surface area contributed by atoms with Gasteiger partial charge in [-0.1, -0.05) is 47.7 Å². The van der Waals surface area contributed by atoms with Crippen molar-refractivity contribution in [3.05, 3.63) is 113 Å². The van der Waals surface area contributed by atoms with Crippen molar-refractivity contribution < 1.29 is 4.92 Å². The summed E-state index contributed by atoms with van der Waals surface area (Å²) < 4.78 is 1.74. The molecule has 1 fully saturated rings. The predicted octanol–water partition coefficient (Wildman–Crippen LogP) is 4.72. The second kappa shape index (κ2) is 10.2. The number of hydrogen-bond donors (Lipinski definition) is 1. The quantitative estimate of drug-likeness (QED) is 0.250. The molecule has 1 aliphatic heterocycles. The fraction of sp³-hybridized carbons (Fsp3) is 0.179. The monoisotopic (exact) mass is 506 g/mol. The van der Waals surface area contributed by atoms with Crippen molar-refractivity contribution in [3.63, 3.8) is 0 Å². The van der Waals surface area contributed by atoms with Crippen LogP contribution < -0.4 is 15.1 Å². The molecule has 1 saturated heterocycles. The van der Waals surface area contributed by atoms with E-state index in [4.69, 9.17) is 0 Å². The van der Waals surface area contributed by atoms with Gasteiger partial charge in [0.05, 0.1) is 10.4 Å². The number of benzene rings is 3. The standard InChI is InChI=1S/C28H26N8O2/c37-36(38)26-20-21(13-14-25(26)34-18-16-33(17-19-34)22-8-2-1-3-9-22)28(30-27-12-6-7-15-29-27)35-24-11-5-4-10-23(24)31-32-35/h1-15,20,28H,16-19H2,(H,29,30). The van der Waals surface area contributed by atoms with Crippen LogP contribution in [0.3, 0.4) is 0 Å². The van der Waals surface area contributed by atoms with E-state index in [1.165, 1.54) is 5.69 Å². The lowest BCUT2D eigenvalue weighted by Gasteiger charge is -2.37.